The topological polar surface area (TPSA) is 110 Å². The Labute approximate surface area is 183 Å². The van der Waals surface area contributed by atoms with E-state index in [2.05, 4.69) is 0 Å². The maximum atomic E-state index is 13.0. The molecule has 166 valence electrons. The summed E-state index contributed by atoms with van der Waals surface area (Å²) in [6, 6.07) is 7.27. The van der Waals surface area contributed by atoms with Crippen LogP contribution in [0.4, 0.5) is 4.39 Å². The standard InChI is InChI=1S/C24H21FO7/c1-13(2)3-10-20(32-21(29)12-31-15-6-4-14(25)5-7-15)16-11-19(28)22-17(26)8-9-18(27)23(22)24(16)30/h3-9,11,20,26-27H,10,12H2,1-2H3/t20-/m1/s1. The van der Waals surface area contributed by atoms with E-state index >= 15 is 0 Å². The highest BCUT2D eigenvalue weighted by molar-refractivity contribution is 6.27. The zero-order valence-electron chi connectivity index (χ0n) is 17.4. The van der Waals surface area contributed by atoms with Gasteiger partial charge >= 0.3 is 5.97 Å². The first-order valence-electron chi connectivity index (χ1n) is 9.74. The Kier molecular flexibility index (Phi) is 6.73. The second kappa shape index (κ2) is 9.47. The molecule has 0 unspecified atom stereocenters. The van der Waals surface area contributed by atoms with Gasteiger partial charge in [-0.15, -0.1) is 0 Å². The number of halogens is 1. The van der Waals surface area contributed by atoms with Gasteiger partial charge in [0, 0.05) is 12.0 Å². The fourth-order valence-electron chi connectivity index (χ4n) is 3.17. The fourth-order valence-corrected chi connectivity index (χ4v) is 3.17. The maximum absolute atomic E-state index is 13.0. The van der Waals surface area contributed by atoms with Crippen LogP contribution in [0.15, 0.2) is 59.7 Å². The van der Waals surface area contributed by atoms with E-state index in [1.165, 1.54) is 24.3 Å². The number of carbonyl (C=O) groups excluding carboxylic acids is 3. The van der Waals surface area contributed by atoms with Gasteiger partial charge in [0.05, 0.1) is 11.1 Å². The van der Waals surface area contributed by atoms with Gasteiger partial charge in [0.1, 0.15) is 29.2 Å². The van der Waals surface area contributed by atoms with E-state index in [9.17, 15) is 29.0 Å². The molecule has 2 aromatic carbocycles. The first-order chi connectivity index (χ1) is 15.2. The van der Waals surface area contributed by atoms with Crippen LogP contribution in [0.1, 0.15) is 41.0 Å². The molecule has 0 amide bonds. The molecule has 32 heavy (non-hydrogen) atoms. The fraction of sp³-hybridized carbons (Fsp3) is 0.208. The summed E-state index contributed by atoms with van der Waals surface area (Å²) in [7, 11) is 0. The maximum Gasteiger partial charge on any atom is 0.344 e. The minimum Gasteiger partial charge on any atom is -0.507 e. The minimum absolute atomic E-state index is 0.102. The van der Waals surface area contributed by atoms with Crippen molar-refractivity contribution in [1.29, 1.82) is 0 Å². The number of carbonyl (C=O) groups is 3. The van der Waals surface area contributed by atoms with Gasteiger partial charge in [0.25, 0.3) is 0 Å². The molecule has 1 aliphatic rings. The van der Waals surface area contributed by atoms with Gasteiger partial charge in [-0.1, -0.05) is 11.6 Å². The Hall–Kier alpha value is -3.94. The zero-order valence-corrected chi connectivity index (χ0v) is 17.4. The summed E-state index contributed by atoms with van der Waals surface area (Å²) in [4.78, 5) is 38.0. The Morgan fingerprint density at radius 3 is 2.28 bits per heavy atom. The lowest BCUT2D eigenvalue weighted by Crippen LogP contribution is -2.30. The molecule has 0 heterocycles. The predicted octanol–water partition coefficient (Wildman–Crippen LogP) is 3.89. The SMILES string of the molecule is CC(C)=CC[C@@H](OC(=O)COc1ccc(F)cc1)C1=CC(=O)c2c(O)ccc(O)c2C1=O. The lowest BCUT2D eigenvalue weighted by molar-refractivity contribution is -0.149. The molecule has 3 rings (SSSR count). The number of allylic oxidation sites excluding steroid dienone is 2. The van der Waals surface area contributed by atoms with Crippen LogP contribution >= 0.6 is 0 Å². The van der Waals surface area contributed by atoms with E-state index in [-0.39, 0.29) is 28.9 Å². The first-order valence-corrected chi connectivity index (χ1v) is 9.74. The molecule has 0 saturated heterocycles. The monoisotopic (exact) mass is 440 g/mol. The molecule has 0 fully saturated rings. The second-order valence-corrected chi connectivity index (χ2v) is 7.39. The molecule has 0 aromatic heterocycles. The van der Waals surface area contributed by atoms with Crippen molar-refractivity contribution in [2.45, 2.75) is 26.4 Å². The molecule has 0 radical (unpaired) electrons. The Morgan fingerprint density at radius 1 is 1.03 bits per heavy atom. The zero-order chi connectivity index (χ0) is 23.4. The summed E-state index contributed by atoms with van der Waals surface area (Å²) in [5.74, 6) is -3.33. The smallest absolute Gasteiger partial charge is 0.344 e. The van der Waals surface area contributed by atoms with Crippen LogP contribution in [0, 0.1) is 5.82 Å². The highest BCUT2D eigenvalue weighted by Gasteiger charge is 2.35. The molecule has 1 atom stereocenters. The molecule has 1 aliphatic carbocycles. The first kappa shape index (κ1) is 22.7. The Bertz CT molecular complexity index is 1130. The number of phenols is 2. The van der Waals surface area contributed by atoms with Crippen LogP contribution in [0.25, 0.3) is 0 Å². The van der Waals surface area contributed by atoms with E-state index in [1.807, 2.05) is 13.8 Å². The number of ether oxygens (including phenoxy) is 2. The number of ketones is 2. The summed E-state index contributed by atoms with van der Waals surface area (Å²) < 4.78 is 23.7. The highest BCUT2D eigenvalue weighted by Crippen LogP contribution is 2.36. The summed E-state index contributed by atoms with van der Waals surface area (Å²) in [6.45, 7) is 3.13. The molecule has 2 aromatic rings. The average molecular weight is 440 g/mol. The highest BCUT2D eigenvalue weighted by atomic mass is 19.1. The molecular weight excluding hydrogens is 419 g/mol. The van der Waals surface area contributed by atoms with Gasteiger partial charge in [-0.25, -0.2) is 9.18 Å². The molecule has 0 bridgehead atoms. The average Bonchev–Trinajstić information content (AvgIpc) is 2.75. The number of Topliss-reactive ketones (excluding diaryl/α,β-unsaturated/α-hetero) is 1. The number of aromatic hydroxyl groups is 2. The predicted molar refractivity (Wildman–Crippen MR) is 112 cm³/mol. The lowest BCUT2D eigenvalue weighted by Gasteiger charge is -2.23. The molecule has 0 saturated carbocycles. The summed E-state index contributed by atoms with van der Waals surface area (Å²) >= 11 is 0. The van der Waals surface area contributed by atoms with Gasteiger partial charge in [0.2, 0.25) is 0 Å². The van der Waals surface area contributed by atoms with Crippen molar-refractivity contribution in [1.82, 2.24) is 0 Å². The minimum atomic E-state index is -1.12. The Morgan fingerprint density at radius 2 is 1.66 bits per heavy atom. The van der Waals surface area contributed by atoms with Crippen LogP contribution in [0.3, 0.4) is 0 Å². The molecule has 0 aliphatic heterocycles. The Balaban J connectivity index is 1.83. The largest absolute Gasteiger partial charge is 0.507 e. The van der Waals surface area contributed by atoms with Gasteiger partial charge in [0.15, 0.2) is 18.2 Å². The summed E-state index contributed by atoms with van der Waals surface area (Å²) in [5, 5.41) is 20.1. The summed E-state index contributed by atoms with van der Waals surface area (Å²) in [6.07, 6.45) is 1.71. The molecule has 8 heteroatoms. The second-order valence-electron chi connectivity index (χ2n) is 7.39. The quantitative estimate of drug-likeness (QED) is 0.382. The van der Waals surface area contributed by atoms with E-state index in [1.54, 1.807) is 6.08 Å². The third kappa shape index (κ3) is 5.03. The van der Waals surface area contributed by atoms with Gasteiger partial charge < -0.3 is 19.7 Å². The van der Waals surface area contributed by atoms with Crippen molar-refractivity contribution in [3.8, 4) is 17.2 Å². The van der Waals surface area contributed by atoms with Crippen LogP contribution in [-0.4, -0.2) is 40.5 Å². The van der Waals surface area contributed by atoms with Crippen molar-refractivity contribution in [3.63, 3.8) is 0 Å². The van der Waals surface area contributed by atoms with E-state index < -0.39 is 47.6 Å². The molecule has 0 spiro atoms. The van der Waals surface area contributed by atoms with E-state index in [0.717, 1.165) is 23.8 Å². The van der Waals surface area contributed by atoms with E-state index in [0.29, 0.717) is 0 Å². The number of hydrogen-bond acceptors (Lipinski definition) is 7. The van der Waals surface area contributed by atoms with Crippen molar-refractivity contribution in [2.24, 2.45) is 0 Å². The van der Waals surface area contributed by atoms with Crippen LogP contribution < -0.4 is 4.74 Å². The van der Waals surface area contributed by atoms with E-state index in [4.69, 9.17) is 9.47 Å². The van der Waals surface area contributed by atoms with Gasteiger partial charge in [-0.05, 0) is 56.3 Å². The third-order valence-electron chi connectivity index (χ3n) is 4.71. The van der Waals surface area contributed by atoms with Crippen molar-refractivity contribution >= 4 is 17.5 Å². The lowest BCUT2D eigenvalue weighted by atomic mass is 9.85. The van der Waals surface area contributed by atoms with Crippen molar-refractivity contribution in [3.05, 3.63) is 76.6 Å². The normalized spacial score (nSPS) is 13.7. The van der Waals surface area contributed by atoms with Crippen LogP contribution in [0.2, 0.25) is 0 Å². The van der Waals surface area contributed by atoms with Gasteiger partial charge in [-0.2, -0.15) is 0 Å². The van der Waals surface area contributed by atoms with Crippen LogP contribution in [-0.2, 0) is 9.53 Å². The third-order valence-corrected chi connectivity index (χ3v) is 4.71. The number of hydrogen-bond donors (Lipinski definition) is 2. The number of esters is 1. The molecule has 7 nitrogen and oxygen atoms in total. The molecular formula is C24H21FO7. The van der Waals surface area contributed by atoms with Crippen LogP contribution in [0.5, 0.6) is 17.2 Å². The molecule has 2 N–H and O–H groups in total. The number of rotatable bonds is 7. The number of fused-ring (bicyclic) bond motifs is 1. The van der Waals surface area contributed by atoms with Crippen molar-refractivity contribution < 1.29 is 38.5 Å². The summed E-state index contributed by atoms with van der Waals surface area (Å²) in [5.41, 5.74) is 0.125. The number of benzene rings is 2. The van der Waals surface area contributed by atoms with Crippen molar-refractivity contribution in [2.75, 3.05) is 6.61 Å². The number of phenolic OH excluding ortho intramolecular Hbond substituents is 2. The van der Waals surface area contributed by atoms with Gasteiger partial charge in [-0.3, -0.25) is 9.59 Å².